The first-order valence-electron chi connectivity index (χ1n) is 5.66. The standard InChI is InChI=1S/C13H19NO/c1-5-6-12-9(2)7-14-10(3)8-15-11(4)13(12)14/h6-7,10H,5,8H2,1-4H3/b12-6-. The molecular weight excluding hydrogens is 186 g/mol. The molecular formula is C13H19NO. The zero-order valence-corrected chi connectivity index (χ0v) is 10.0. The van der Waals surface area contributed by atoms with Gasteiger partial charge in [0.2, 0.25) is 0 Å². The molecule has 0 N–H and O–H groups in total. The van der Waals surface area contributed by atoms with Gasteiger partial charge in [-0.3, -0.25) is 0 Å². The monoisotopic (exact) mass is 205 g/mol. The molecule has 15 heavy (non-hydrogen) atoms. The highest BCUT2D eigenvalue weighted by molar-refractivity contribution is 5.39. The summed E-state index contributed by atoms with van der Waals surface area (Å²) in [7, 11) is 0. The first kappa shape index (κ1) is 10.3. The Labute approximate surface area is 90.9 Å². The fourth-order valence-electron chi connectivity index (χ4n) is 2.24. The second-order valence-electron chi connectivity index (χ2n) is 4.31. The minimum absolute atomic E-state index is 0.446. The first-order chi connectivity index (χ1) is 7.15. The number of hydrogen-bond donors (Lipinski definition) is 0. The number of aryl methyl sites for hydroxylation is 1. The van der Waals surface area contributed by atoms with Crippen molar-refractivity contribution in [3.05, 3.63) is 22.3 Å². The molecule has 1 unspecified atom stereocenters. The van der Waals surface area contributed by atoms with Gasteiger partial charge >= 0.3 is 0 Å². The Morgan fingerprint density at radius 2 is 2.27 bits per heavy atom. The van der Waals surface area contributed by atoms with Crippen molar-refractivity contribution in [3.63, 3.8) is 0 Å². The van der Waals surface area contributed by atoms with Crippen LogP contribution < -0.4 is 10.6 Å². The lowest BCUT2D eigenvalue weighted by Gasteiger charge is -2.21. The maximum atomic E-state index is 5.69. The van der Waals surface area contributed by atoms with Crippen LogP contribution in [0.25, 0.3) is 11.8 Å². The van der Waals surface area contributed by atoms with E-state index in [2.05, 4.69) is 44.5 Å². The van der Waals surface area contributed by atoms with Gasteiger partial charge in [0.05, 0.1) is 11.4 Å². The fraction of sp³-hybridized carbons (Fsp3) is 0.538. The molecule has 0 amide bonds. The van der Waals surface area contributed by atoms with Crippen LogP contribution in [-0.2, 0) is 4.74 Å². The van der Waals surface area contributed by atoms with Crippen LogP contribution in [0.2, 0.25) is 0 Å². The van der Waals surface area contributed by atoms with Crippen molar-refractivity contribution in [2.75, 3.05) is 6.61 Å². The molecule has 2 rings (SSSR count). The first-order valence-corrected chi connectivity index (χ1v) is 5.66. The van der Waals surface area contributed by atoms with Crippen LogP contribution in [0.5, 0.6) is 0 Å². The normalized spacial score (nSPS) is 21.5. The van der Waals surface area contributed by atoms with Crippen LogP contribution >= 0.6 is 0 Å². The number of nitrogens with zero attached hydrogens (tertiary/aromatic N) is 1. The zero-order chi connectivity index (χ0) is 11.0. The van der Waals surface area contributed by atoms with Crippen LogP contribution in [0.15, 0.2) is 6.20 Å². The van der Waals surface area contributed by atoms with E-state index in [0.717, 1.165) is 18.8 Å². The average molecular weight is 205 g/mol. The Balaban J connectivity index is 2.82. The molecule has 1 aliphatic heterocycles. The molecule has 1 atom stereocenters. The maximum absolute atomic E-state index is 5.69. The average Bonchev–Trinajstić information content (AvgIpc) is 2.53. The lowest BCUT2D eigenvalue weighted by Crippen LogP contribution is -2.38. The van der Waals surface area contributed by atoms with Crippen molar-refractivity contribution < 1.29 is 4.74 Å². The molecule has 0 fully saturated rings. The van der Waals surface area contributed by atoms with E-state index in [1.807, 2.05) is 0 Å². The van der Waals surface area contributed by atoms with Crippen molar-refractivity contribution in [1.82, 2.24) is 4.57 Å². The van der Waals surface area contributed by atoms with E-state index in [1.165, 1.54) is 16.1 Å². The van der Waals surface area contributed by atoms with Gasteiger partial charge in [0, 0.05) is 11.4 Å². The van der Waals surface area contributed by atoms with Crippen molar-refractivity contribution in [2.45, 2.75) is 40.2 Å². The summed E-state index contributed by atoms with van der Waals surface area (Å²) in [6.07, 6.45) is 5.60. The highest BCUT2D eigenvalue weighted by Gasteiger charge is 2.16. The number of rotatable bonds is 1. The number of fused-ring (bicyclic) bond motifs is 1. The van der Waals surface area contributed by atoms with Gasteiger partial charge in [0.15, 0.2) is 0 Å². The van der Waals surface area contributed by atoms with Crippen molar-refractivity contribution >= 4 is 11.8 Å². The Morgan fingerprint density at radius 3 is 2.93 bits per heavy atom. The van der Waals surface area contributed by atoms with E-state index in [-0.39, 0.29) is 0 Å². The highest BCUT2D eigenvalue weighted by Crippen LogP contribution is 2.11. The topological polar surface area (TPSA) is 14.2 Å². The van der Waals surface area contributed by atoms with Gasteiger partial charge in [-0.05, 0) is 32.8 Å². The smallest absolute Gasteiger partial charge is 0.117 e. The number of aromatic nitrogens is 1. The summed E-state index contributed by atoms with van der Waals surface area (Å²) in [5.41, 5.74) is 1.35. The molecule has 0 spiro atoms. The third-order valence-electron chi connectivity index (χ3n) is 3.03. The van der Waals surface area contributed by atoms with Gasteiger partial charge in [-0.2, -0.15) is 0 Å². The quantitative estimate of drug-likeness (QED) is 0.680. The second kappa shape index (κ2) is 3.76. The van der Waals surface area contributed by atoms with Gasteiger partial charge in [-0.15, -0.1) is 0 Å². The van der Waals surface area contributed by atoms with Crippen LogP contribution in [-0.4, -0.2) is 11.2 Å². The molecule has 2 heteroatoms. The van der Waals surface area contributed by atoms with E-state index in [9.17, 15) is 0 Å². The van der Waals surface area contributed by atoms with Crippen molar-refractivity contribution in [1.29, 1.82) is 0 Å². The second-order valence-corrected chi connectivity index (χ2v) is 4.31. The Kier molecular flexibility index (Phi) is 2.59. The lowest BCUT2D eigenvalue weighted by molar-refractivity contribution is 0.199. The predicted molar refractivity (Wildman–Crippen MR) is 62.9 cm³/mol. The molecule has 0 radical (unpaired) electrons. The molecule has 1 aliphatic rings. The molecule has 0 saturated heterocycles. The Hall–Kier alpha value is -1.18. The molecule has 82 valence electrons. The predicted octanol–water partition coefficient (Wildman–Crippen LogP) is 1.71. The van der Waals surface area contributed by atoms with Crippen LogP contribution in [0, 0.1) is 6.92 Å². The van der Waals surface area contributed by atoms with Gasteiger partial charge in [0.25, 0.3) is 0 Å². The van der Waals surface area contributed by atoms with Gasteiger partial charge in [-0.25, -0.2) is 0 Å². The SMILES string of the molecule is CC/C=c1/c(C)cn2c1=C(C)OCC2C. The number of hydrogen-bond acceptors (Lipinski definition) is 1. The summed E-state index contributed by atoms with van der Waals surface area (Å²) in [6, 6.07) is 0.446. The van der Waals surface area contributed by atoms with Crippen molar-refractivity contribution in [2.24, 2.45) is 0 Å². The summed E-state index contributed by atoms with van der Waals surface area (Å²) in [6.45, 7) is 9.40. The van der Waals surface area contributed by atoms with Crippen LogP contribution in [0.1, 0.15) is 38.8 Å². The third kappa shape index (κ3) is 1.58. The largest absolute Gasteiger partial charge is 0.494 e. The highest BCUT2D eigenvalue weighted by atomic mass is 16.5. The van der Waals surface area contributed by atoms with E-state index >= 15 is 0 Å². The van der Waals surface area contributed by atoms with E-state index in [0.29, 0.717) is 6.04 Å². The van der Waals surface area contributed by atoms with Crippen LogP contribution in [0.3, 0.4) is 0 Å². The molecule has 1 aromatic heterocycles. The Morgan fingerprint density at radius 1 is 1.53 bits per heavy atom. The van der Waals surface area contributed by atoms with Gasteiger partial charge in [0.1, 0.15) is 12.4 Å². The fourth-order valence-corrected chi connectivity index (χ4v) is 2.24. The molecule has 2 nitrogen and oxygen atoms in total. The minimum atomic E-state index is 0.446. The number of ether oxygens (including phenoxy) is 1. The molecule has 0 saturated carbocycles. The maximum Gasteiger partial charge on any atom is 0.117 e. The summed E-state index contributed by atoms with van der Waals surface area (Å²) in [5, 5.41) is 2.62. The van der Waals surface area contributed by atoms with Gasteiger partial charge < -0.3 is 9.30 Å². The van der Waals surface area contributed by atoms with E-state index in [4.69, 9.17) is 4.74 Å². The van der Waals surface area contributed by atoms with Crippen molar-refractivity contribution in [3.8, 4) is 0 Å². The third-order valence-corrected chi connectivity index (χ3v) is 3.03. The summed E-state index contributed by atoms with van der Waals surface area (Å²) in [5.74, 6) is 1.06. The minimum Gasteiger partial charge on any atom is -0.494 e. The van der Waals surface area contributed by atoms with Gasteiger partial charge in [-0.1, -0.05) is 13.0 Å². The Bertz CT molecular complexity index is 481. The molecule has 2 heterocycles. The summed E-state index contributed by atoms with van der Waals surface area (Å²) in [4.78, 5) is 0. The van der Waals surface area contributed by atoms with E-state index in [1.54, 1.807) is 0 Å². The lowest BCUT2D eigenvalue weighted by atomic mass is 10.2. The zero-order valence-electron chi connectivity index (χ0n) is 10.0. The summed E-state index contributed by atoms with van der Waals surface area (Å²) >= 11 is 0. The molecule has 0 aliphatic carbocycles. The van der Waals surface area contributed by atoms with Crippen LogP contribution in [0.4, 0.5) is 0 Å². The molecule has 0 bridgehead atoms. The van der Waals surface area contributed by atoms with E-state index < -0.39 is 0 Å². The summed E-state index contributed by atoms with van der Waals surface area (Å²) < 4.78 is 8.04. The molecule has 1 aromatic rings. The molecule has 0 aromatic carbocycles.